The summed E-state index contributed by atoms with van der Waals surface area (Å²) in [6, 6.07) is 5.20. The van der Waals surface area contributed by atoms with Crippen molar-refractivity contribution >= 4 is 30.2 Å². The number of aromatic nitrogens is 2. The molecule has 3 nitrogen and oxygen atoms in total. The third-order valence-corrected chi connectivity index (χ3v) is 2.18. The molecule has 5 heteroatoms. The van der Waals surface area contributed by atoms with Gasteiger partial charge in [0.15, 0.2) is 5.82 Å². The molecule has 1 aromatic heterocycles. The van der Waals surface area contributed by atoms with Crippen LogP contribution in [-0.4, -0.2) is 23.4 Å². The van der Waals surface area contributed by atoms with E-state index in [1.165, 1.54) is 0 Å². The second-order valence-electron chi connectivity index (χ2n) is 4.95. The SMILES string of the molecule is [B]c1cccc2nc(NC(C)(C)C)c(F)nc12. The Bertz CT molecular complexity index is 563. The number of nitrogens with zero attached hydrogens (tertiary/aromatic N) is 2. The van der Waals surface area contributed by atoms with Crippen molar-refractivity contribution < 1.29 is 4.39 Å². The summed E-state index contributed by atoms with van der Waals surface area (Å²) in [4.78, 5) is 8.03. The van der Waals surface area contributed by atoms with Crippen LogP contribution in [0, 0.1) is 5.95 Å². The molecule has 1 N–H and O–H groups in total. The fourth-order valence-corrected chi connectivity index (χ4v) is 1.51. The highest BCUT2D eigenvalue weighted by Gasteiger charge is 2.15. The lowest BCUT2D eigenvalue weighted by atomic mass is 9.94. The number of rotatable bonds is 1. The maximum atomic E-state index is 13.7. The predicted octanol–water partition coefficient (Wildman–Crippen LogP) is 1.77. The minimum absolute atomic E-state index is 0.149. The van der Waals surface area contributed by atoms with E-state index in [2.05, 4.69) is 15.3 Å². The summed E-state index contributed by atoms with van der Waals surface area (Å²) >= 11 is 0. The van der Waals surface area contributed by atoms with Gasteiger partial charge in [-0.25, -0.2) is 9.97 Å². The fourth-order valence-electron chi connectivity index (χ4n) is 1.51. The van der Waals surface area contributed by atoms with Gasteiger partial charge in [0.1, 0.15) is 7.85 Å². The monoisotopic (exact) mass is 229 g/mol. The van der Waals surface area contributed by atoms with Gasteiger partial charge in [0, 0.05) is 5.54 Å². The van der Waals surface area contributed by atoms with E-state index in [0.717, 1.165) is 0 Å². The molecule has 2 aromatic rings. The van der Waals surface area contributed by atoms with Gasteiger partial charge in [-0.3, -0.25) is 0 Å². The number of benzene rings is 1. The average molecular weight is 229 g/mol. The van der Waals surface area contributed by atoms with Crippen LogP contribution in [0.5, 0.6) is 0 Å². The van der Waals surface area contributed by atoms with Crippen molar-refractivity contribution in [2.24, 2.45) is 0 Å². The molecule has 0 aliphatic heterocycles. The van der Waals surface area contributed by atoms with Gasteiger partial charge in [-0.2, -0.15) is 4.39 Å². The van der Waals surface area contributed by atoms with Gasteiger partial charge in [0.25, 0.3) is 5.95 Å². The van der Waals surface area contributed by atoms with Crippen molar-refractivity contribution in [1.29, 1.82) is 0 Å². The molecule has 0 unspecified atom stereocenters. The van der Waals surface area contributed by atoms with Crippen LogP contribution in [0.15, 0.2) is 18.2 Å². The second kappa shape index (κ2) is 3.98. The maximum Gasteiger partial charge on any atom is 0.256 e. The van der Waals surface area contributed by atoms with Gasteiger partial charge in [0.05, 0.1) is 11.0 Å². The van der Waals surface area contributed by atoms with Crippen molar-refractivity contribution in [3.05, 3.63) is 24.1 Å². The van der Waals surface area contributed by atoms with E-state index in [4.69, 9.17) is 7.85 Å². The molecule has 0 aliphatic carbocycles. The smallest absolute Gasteiger partial charge is 0.256 e. The van der Waals surface area contributed by atoms with Crippen LogP contribution >= 0.6 is 0 Å². The largest absolute Gasteiger partial charge is 0.362 e. The zero-order valence-electron chi connectivity index (χ0n) is 10.1. The Balaban J connectivity index is 2.56. The Labute approximate surface area is 101 Å². The molecule has 0 bridgehead atoms. The van der Waals surface area contributed by atoms with Crippen molar-refractivity contribution in [1.82, 2.24) is 9.97 Å². The van der Waals surface area contributed by atoms with Crippen LogP contribution < -0.4 is 10.8 Å². The van der Waals surface area contributed by atoms with Gasteiger partial charge in [0.2, 0.25) is 0 Å². The van der Waals surface area contributed by atoms with E-state index >= 15 is 0 Å². The number of fused-ring (bicyclic) bond motifs is 1. The topological polar surface area (TPSA) is 37.8 Å². The van der Waals surface area contributed by atoms with E-state index in [1.54, 1.807) is 18.2 Å². The summed E-state index contributed by atoms with van der Waals surface area (Å²) in [6.45, 7) is 5.78. The van der Waals surface area contributed by atoms with Crippen molar-refractivity contribution in [2.75, 3.05) is 5.32 Å². The quantitative estimate of drug-likeness (QED) is 0.757. The molecule has 0 aliphatic rings. The number of anilines is 1. The Hall–Kier alpha value is -1.65. The summed E-state index contributed by atoms with van der Waals surface area (Å²) in [6.07, 6.45) is 0. The van der Waals surface area contributed by atoms with Gasteiger partial charge in [-0.1, -0.05) is 17.6 Å². The van der Waals surface area contributed by atoms with Crippen molar-refractivity contribution in [2.45, 2.75) is 26.3 Å². The highest BCUT2D eigenvalue weighted by atomic mass is 19.1. The molecule has 0 spiro atoms. The molecular formula is C12H13BFN3. The van der Waals surface area contributed by atoms with E-state index < -0.39 is 5.95 Å². The molecule has 0 saturated heterocycles. The van der Waals surface area contributed by atoms with Gasteiger partial charge >= 0.3 is 0 Å². The third kappa shape index (κ3) is 2.54. The summed E-state index contributed by atoms with van der Waals surface area (Å²) in [7, 11) is 5.71. The standard InChI is InChI=1S/C12H13BFN3/c1-12(2,3)17-11-10(14)16-9-7(13)5-4-6-8(9)15-11/h4-6H,1-3H3,(H,15,17). The molecule has 1 heterocycles. The predicted molar refractivity (Wildman–Crippen MR) is 68.3 cm³/mol. The number of halogens is 1. The fraction of sp³-hybridized carbons (Fsp3) is 0.333. The lowest BCUT2D eigenvalue weighted by molar-refractivity contribution is 0.566. The summed E-state index contributed by atoms with van der Waals surface area (Å²) in [5, 5.41) is 2.97. The average Bonchev–Trinajstić information content (AvgIpc) is 2.19. The van der Waals surface area contributed by atoms with Gasteiger partial charge < -0.3 is 5.32 Å². The molecule has 1 aromatic carbocycles. The third-order valence-electron chi connectivity index (χ3n) is 2.18. The minimum atomic E-state index is -0.634. The number of nitrogens with one attached hydrogen (secondary N) is 1. The highest BCUT2D eigenvalue weighted by molar-refractivity contribution is 6.37. The van der Waals surface area contributed by atoms with Crippen LogP contribution in [0.1, 0.15) is 20.8 Å². The molecule has 86 valence electrons. The van der Waals surface area contributed by atoms with Crippen molar-refractivity contribution in [3.63, 3.8) is 0 Å². The van der Waals surface area contributed by atoms with Crippen LogP contribution in [0.2, 0.25) is 0 Å². The van der Waals surface area contributed by atoms with E-state index in [0.29, 0.717) is 16.5 Å². The van der Waals surface area contributed by atoms with Gasteiger partial charge in [-0.15, -0.1) is 0 Å². The first kappa shape index (κ1) is 11.8. The van der Waals surface area contributed by atoms with Crippen LogP contribution in [-0.2, 0) is 0 Å². The molecule has 2 radical (unpaired) electrons. The first-order valence-electron chi connectivity index (χ1n) is 5.37. The Morgan fingerprint density at radius 1 is 1.24 bits per heavy atom. The summed E-state index contributed by atoms with van der Waals surface area (Å²) in [5.41, 5.74) is 1.13. The van der Waals surface area contributed by atoms with Crippen molar-refractivity contribution in [3.8, 4) is 0 Å². The first-order valence-corrected chi connectivity index (χ1v) is 5.37. The molecular weight excluding hydrogens is 216 g/mol. The number of hydrogen-bond donors (Lipinski definition) is 1. The molecule has 0 atom stereocenters. The lowest BCUT2D eigenvalue weighted by Crippen LogP contribution is -2.27. The molecule has 2 rings (SSSR count). The molecule has 0 amide bonds. The highest BCUT2D eigenvalue weighted by Crippen LogP contribution is 2.17. The van der Waals surface area contributed by atoms with Gasteiger partial charge in [-0.05, 0) is 26.8 Å². The zero-order chi connectivity index (χ0) is 12.6. The Kier molecular flexibility index (Phi) is 2.77. The van der Waals surface area contributed by atoms with E-state index in [-0.39, 0.29) is 11.4 Å². The Morgan fingerprint density at radius 3 is 2.59 bits per heavy atom. The molecule has 0 fully saturated rings. The first-order chi connectivity index (χ1) is 7.87. The lowest BCUT2D eigenvalue weighted by Gasteiger charge is -2.21. The van der Waals surface area contributed by atoms with Crippen LogP contribution in [0.4, 0.5) is 10.2 Å². The van der Waals surface area contributed by atoms with E-state index in [9.17, 15) is 4.39 Å². The molecule has 0 saturated carbocycles. The normalized spacial score (nSPS) is 11.8. The van der Waals surface area contributed by atoms with Crippen LogP contribution in [0.25, 0.3) is 11.0 Å². The van der Waals surface area contributed by atoms with E-state index in [1.807, 2.05) is 20.8 Å². The van der Waals surface area contributed by atoms with Crippen LogP contribution in [0.3, 0.4) is 0 Å². The minimum Gasteiger partial charge on any atom is -0.362 e. The second-order valence-corrected chi connectivity index (χ2v) is 4.95. The number of hydrogen-bond acceptors (Lipinski definition) is 3. The zero-order valence-corrected chi connectivity index (χ0v) is 10.1. The molecule has 17 heavy (non-hydrogen) atoms. The Morgan fingerprint density at radius 2 is 1.94 bits per heavy atom. The summed E-state index contributed by atoms with van der Waals surface area (Å²) < 4.78 is 13.7. The number of para-hydroxylation sites is 1. The maximum absolute atomic E-state index is 13.7. The summed E-state index contributed by atoms with van der Waals surface area (Å²) in [5.74, 6) is -0.485.